The third-order valence-electron chi connectivity index (χ3n) is 5.76. The lowest BCUT2D eigenvalue weighted by Gasteiger charge is -2.28. The number of benzene rings is 1. The zero-order chi connectivity index (χ0) is 26.5. The molecule has 6 unspecified atom stereocenters. The number of carbonyl (C=O) groups is 4. The SMILES string of the molecule is CCC(C)C(NC(=O)C(N)C(C)O)C(=O)NC(Cc1ccccc1)C(=O)NC(CCSC)C(=O)O. The van der Waals surface area contributed by atoms with Crippen LogP contribution in [0.5, 0.6) is 0 Å². The standard InChI is InChI=1S/C24H38N4O6S/c1-5-14(2)20(28-22(31)19(25)15(3)29)23(32)27-18(13-16-9-7-6-8-10-16)21(30)26-17(24(33)34)11-12-35-4/h6-10,14-15,17-20,29H,5,11-13,25H2,1-4H3,(H,26,30)(H,27,32)(H,28,31)(H,33,34). The summed E-state index contributed by atoms with van der Waals surface area (Å²) in [6, 6.07) is 4.61. The number of thioether (sulfide) groups is 1. The number of aliphatic hydroxyl groups excluding tert-OH is 1. The highest BCUT2D eigenvalue weighted by molar-refractivity contribution is 7.98. The average Bonchev–Trinajstić information content (AvgIpc) is 2.83. The van der Waals surface area contributed by atoms with Gasteiger partial charge in [-0.05, 0) is 36.8 Å². The molecule has 0 aliphatic rings. The number of hydrogen-bond acceptors (Lipinski definition) is 7. The van der Waals surface area contributed by atoms with Crippen LogP contribution >= 0.6 is 11.8 Å². The Morgan fingerprint density at radius 1 is 0.971 bits per heavy atom. The molecule has 0 fully saturated rings. The van der Waals surface area contributed by atoms with Crippen LogP contribution in [0.2, 0.25) is 0 Å². The van der Waals surface area contributed by atoms with Crippen molar-refractivity contribution in [1.82, 2.24) is 16.0 Å². The number of amides is 3. The van der Waals surface area contributed by atoms with E-state index in [-0.39, 0.29) is 18.8 Å². The lowest BCUT2D eigenvalue weighted by Crippen LogP contribution is -2.60. The summed E-state index contributed by atoms with van der Waals surface area (Å²) in [5.41, 5.74) is 6.48. The topological polar surface area (TPSA) is 171 Å². The number of carbonyl (C=O) groups excluding carboxylic acids is 3. The summed E-state index contributed by atoms with van der Waals surface area (Å²) in [7, 11) is 0. The first-order chi connectivity index (χ1) is 16.5. The molecule has 3 amide bonds. The molecule has 6 atom stereocenters. The molecule has 10 nitrogen and oxygen atoms in total. The highest BCUT2D eigenvalue weighted by atomic mass is 32.2. The van der Waals surface area contributed by atoms with Gasteiger partial charge in [0.25, 0.3) is 0 Å². The van der Waals surface area contributed by atoms with Crippen molar-refractivity contribution in [2.45, 2.75) is 70.3 Å². The van der Waals surface area contributed by atoms with E-state index in [1.807, 2.05) is 19.2 Å². The number of aliphatic carboxylic acids is 1. The van der Waals surface area contributed by atoms with Gasteiger partial charge >= 0.3 is 5.97 Å². The van der Waals surface area contributed by atoms with Crippen LogP contribution < -0.4 is 21.7 Å². The van der Waals surface area contributed by atoms with E-state index >= 15 is 0 Å². The first-order valence-corrected chi connectivity index (χ1v) is 13.0. The third kappa shape index (κ3) is 10.3. The zero-order valence-corrected chi connectivity index (χ0v) is 21.5. The van der Waals surface area contributed by atoms with E-state index in [9.17, 15) is 29.4 Å². The maximum absolute atomic E-state index is 13.2. The molecular formula is C24H38N4O6S. The molecular weight excluding hydrogens is 472 g/mol. The molecule has 35 heavy (non-hydrogen) atoms. The maximum Gasteiger partial charge on any atom is 0.326 e. The maximum atomic E-state index is 13.2. The van der Waals surface area contributed by atoms with Gasteiger partial charge < -0.3 is 31.9 Å². The van der Waals surface area contributed by atoms with Crippen molar-refractivity contribution in [3.8, 4) is 0 Å². The lowest BCUT2D eigenvalue weighted by molar-refractivity contribution is -0.142. The largest absolute Gasteiger partial charge is 0.480 e. The van der Waals surface area contributed by atoms with Crippen LogP contribution in [0.1, 0.15) is 39.2 Å². The Labute approximate surface area is 210 Å². The molecule has 0 aliphatic heterocycles. The number of aliphatic hydroxyl groups is 1. The first-order valence-electron chi connectivity index (χ1n) is 11.6. The monoisotopic (exact) mass is 510 g/mol. The second kappa shape index (κ2) is 15.4. The van der Waals surface area contributed by atoms with Crippen molar-refractivity contribution in [2.24, 2.45) is 11.7 Å². The van der Waals surface area contributed by atoms with Crippen molar-refractivity contribution in [2.75, 3.05) is 12.0 Å². The van der Waals surface area contributed by atoms with E-state index in [0.29, 0.717) is 12.2 Å². The van der Waals surface area contributed by atoms with Crippen LogP contribution in [0, 0.1) is 5.92 Å². The first kappa shape index (κ1) is 30.4. The van der Waals surface area contributed by atoms with Gasteiger partial charge in [-0.15, -0.1) is 0 Å². The van der Waals surface area contributed by atoms with Gasteiger partial charge in [0.05, 0.1) is 6.10 Å². The molecule has 1 aromatic carbocycles. The van der Waals surface area contributed by atoms with Crippen LogP contribution in [0.4, 0.5) is 0 Å². The molecule has 0 spiro atoms. The molecule has 0 saturated heterocycles. The molecule has 0 radical (unpaired) electrons. The van der Waals surface area contributed by atoms with Gasteiger partial charge in [0.1, 0.15) is 24.2 Å². The Hall–Kier alpha value is -2.63. The summed E-state index contributed by atoms with van der Waals surface area (Å²) in [5, 5.41) is 26.9. The Bertz CT molecular complexity index is 839. The number of nitrogens with two attached hydrogens (primary N) is 1. The lowest BCUT2D eigenvalue weighted by atomic mass is 9.96. The predicted molar refractivity (Wildman–Crippen MR) is 136 cm³/mol. The van der Waals surface area contributed by atoms with Crippen molar-refractivity contribution >= 4 is 35.5 Å². The minimum absolute atomic E-state index is 0.127. The predicted octanol–water partition coefficient (Wildman–Crippen LogP) is 0.275. The van der Waals surface area contributed by atoms with Crippen molar-refractivity contribution < 1.29 is 29.4 Å². The quantitative estimate of drug-likeness (QED) is 0.195. The molecule has 7 N–H and O–H groups in total. The summed E-state index contributed by atoms with van der Waals surface area (Å²) >= 11 is 1.46. The van der Waals surface area contributed by atoms with Crippen LogP contribution in [-0.2, 0) is 25.6 Å². The van der Waals surface area contributed by atoms with Gasteiger partial charge in [0.2, 0.25) is 17.7 Å². The fraction of sp³-hybridized carbons (Fsp3) is 0.583. The van der Waals surface area contributed by atoms with Crippen molar-refractivity contribution in [3.63, 3.8) is 0 Å². The summed E-state index contributed by atoms with van der Waals surface area (Å²) in [6.07, 6.45) is 1.64. The molecule has 11 heteroatoms. The Balaban J connectivity index is 3.13. The summed E-state index contributed by atoms with van der Waals surface area (Å²) in [6.45, 7) is 5.00. The number of carboxylic acid groups (broad SMARTS) is 1. The van der Waals surface area contributed by atoms with Gasteiger partial charge in [-0.1, -0.05) is 50.6 Å². The molecule has 0 aliphatic carbocycles. The van der Waals surface area contributed by atoms with Gasteiger partial charge in [-0.3, -0.25) is 14.4 Å². The third-order valence-corrected chi connectivity index (χ3v) is 6.40. The number of hydrogen-bond donors (Lipinski definition) is 6. The van der Waals surface area contributed by atoms with Crippen LogP contribution in [0.3, 0.4) is 0 Å². The van der Waals surface area contributed by atoms with Crippen molar-refractivity contribution in [3.05, 3.63) is 35.9 Å². The Morgan fingerprint density at radius 2 is 1.57 bits per heavy atom. The van der Waals surface area contributed by atoms with E-state index in [1.54, 1.807) is 31.2 Å². The molecule has 0 aromatic heterocycles. The highest BCUT2D eigenvalue weighted by Crippen LogP contribution is 2.11. The fourth-order valence-corrected chi connectivity index (χ4v) is 3.73. The van der Waals surface area contributed by atoms with Crippen LogP contribution in [0.15, 0.2) is 30.3 Å². The second-order valence-electron chi connectivity index (χ2n) is 8.57. The van der Waals surface area contributed by atoms with Crippen LogP contribution in [0.25, 0.3) is 0 Å². The number of nitrogens with one attached hydrogen (secondary N) is 3. The minimum Gasteiger partial charge on any atom is -0.480 e. The van der Waals surface area contributed by atoms with Crippen molar-refractivity contribution in [1.29, 1.82) is 0 Å². The number of rotatable bonds is 15. The zero-order valence-electron chi connectivity index (χ0n) is 20.7. The van der Waals surface area contributed by atoms with Gasteiger partial charge in [0.15, 0.2) is 0 Å². The van der Waals surface area contributed by atoms with E-state index in [0.717, 1.165) is 5.56 Å². The van der Waals surface area contributed by atoms with E-state index < -0.39 is 54.0 Å². The summed E-state index contributed by atoms with van der Waals surface area (Å²) in [4.78, 5) is 50.4. The number of carboxylic acids is 1. The van der Waals surface area contributed by atoms with E-state index in [2.05, 4.69) is 16.0 Å². The van der Waals surface area contributed by atoms with Gasteiger partial charge in [-0.25, -0.2) is 4.79 Å². The highest BCUT2D eigenvalue weighted by Gasteiger charge is 2.33. The average molecular weight is 511 g/mol. The molecule has 1 rings (SSSR count). The molecule has 0 bridgehead atoms. The van der Waals surface area contributed by atoms with Gasteiger partial charge in [0, 0.05) is 6.42 Å². The smallest absolute Gasteiger partial charge is 0.326 e. The molecule has 196 valence electrons. The molecule has 0 saturated carbocycles. The Morgan fingerprint density at radius 3 is 2.09 bits per heavy atom. The van der Waals surface area contributed by atoms with E-state index in [1.165, 1.54) is 18.7 Å². The minimum atomic E-state index is -1.22. The summed E-state index contributed by atoms with van der Waals surface area (Å²) < 4.78 is 0. The van der Waals surface area contributed by atoms with Crippen LogP contribution in [-0.4, -0.2) is 76.2 Å². The summed E-state index contributed by atoms with van der Waals surface area (Å²) in [5.74, 6) is -2.84. The normalized spacial score (nSPS) is 16.2. The molecule has 0 heterocycles. The molecule has 1 aromatic rings. The van der Waals surface area contributed by atoms with E-state index in [4.69, 9.17) is 5.73 Å². The Kier molecular flexibility index (Phi) is 13.4. The second-order valence-corrected chi connectivity index (χ2v) is 9.56. The fourth-order valence-electron chi connectivity index (χ4n) is 3.26. The van der Waals surface area contributed by atoms with Gasteiger partial charge in [-0.2, -0.15) is 11.8 Å².